The second-order valence-corrected chi connectivity index (χ2v) is 7.51. The molecule has 2 amide bonds. The predicted molar refractivity (Wildman–Crippen MR) is 119 cm³/mol. The van der Waals surface area contributed by atoms with Gasteiger partial charge in [0, 0.05) is 35.1 Å². The number of rotatable bonds is 5. The first-order valence-corrected chi connectivity index (χ1v) is 10.1. The van der Waals surface area contributed by atoms with Gasteiger partial charge in [0.1, 0.15) is 5.75 Å². The Kier molecular flexibility index (Phi) is 4.88. The maximum absolute atomic E-state index is 12.9. The van der Waals surface area contributed by atoms with E-state index < -0.39 is 0 Å². The lowest BCUT2D eigenvalue weighted by molar-refractivity contribution is -0.118. The molecular formula is C25H21N3O3. The molecule has 31 heavy (non-hydrogen) atoms. The van der Waals surface area contributed by atoms with E-state index >= 15 is 0 Å². The Labute approximate surface area is 179 Å². The number of aromatic nitrogens is 1. The Hall–Kier alpha value is -4.06. The third-order valence-electron chi connectivity index (χ3n) is 5.54. The Bertz CT molecular complexity index is 1260. The molecular weight excluding hydrogens is 390 g/mol. The van der Waals surface area contributed by atoms with Crippen LogP contribution in [0, 0.1) is 0 Å². The molecule has 3 aromatic carbocycles. The fraction of sp³-hybridized carbons (Fsp3) is 0.120. The zero-order valence-corrected chi connectivity index (χ0v) is 16.7. The van der Waals surface area contributed by atoms with Gasteiger partial charge in [-0.3, -0.25) is 9.59 Å². The highest BCUT2D eigenvalue weighted by molar-refractivity contribution is 5.99. The van der Waals surface area contributed by atoms with Crippen molar-refractivity contribution in [2.75, 3.05) is 18.5 Å². The van der Waals surface area contributed by atoms with Gasteiger partial charge in [-0.15, -0.1) is 0 Å². The maximum Gasteiger partial charge on any atom is 0.262 e. The van der Waals surface area contributed by atoms with Gasteiger partial charge in [0.25, 0.3) is 11.8 Å². The van der Waals surface area contributed by atoms with Gasteiger partial charge >= 0.3 is 0 Å². The summed E-state index contributed by atoms with van der Waals surface area (Å²) < 4.78 is 5.43. The maximum atomic E-state index is 12.9. The quantitative estimate of drug-likeness (QED) is 0.463. The second kappa shape index (κ2) is 7.99. The molecule has 2 heterocycles. The summed E-state index contributed by atoms with van der Waals surface area (Å²) >= 11 is 0. The number of carbonyl (C=O) groups excluding carboxylic acids is 2. The smallest absolute Gasteiger partial charge is 0.262 e. The molecule has 0 saturated carbocycles. The number of hydrogen-bond acceptors (Lipinski definition) is 3. The van der Waals surface area contributed by atoms with E-state index in [0.717, 1.165) is 22.0 Å². The van der Waals surface area contributed by atoms with Gasteiger partial charge in [-0.05, 0) is 35.4 Å². The number of nitrogens with one attached hydrogen (secondary N) is 3. The summed E-state index contributed by atoms with van der Waals surface area (Å²) in [7, 11) is 0. The Morgan fingerprint density at radius 1 is 1.03 bits per heavy atom. The van der Waals surface area contributed by atoms with E-state index in [2.05, 4.69) is 33.8 Å². The molecule has 1 aliphatic rings. The number of carbonyl (C=O) groups is 2. The van der Waals surface area contributed by atoms with Gasteiger partial charge in [-0.25, -0.2) is 0 Å². The molecule has 1 aliphatic heterocycles. The zero-order valence-electron chi connectivity index (χ0n) is 16.7. The molecule has 0 spiro atoms. The van der Waals surface area contributed by atoms with Crippen molar-refractivity contribution in [2.24, 2.45) is 0 Å². The molecule has 3 N–H and O–H groups in total. The van der Waals surface area contributed by atoms with Gasteiger partial charge in [0.2, 0.25) is 0 Å². The van der Waals surface area contributed by atoms with Crippen LogP contribution < -0.4 is 15.4 Å². The summed E-state index contributed by atoms with van der Waals surface area (Å²) in [6.45, 7) is 0.397. The largest absolute Gasteiger partial charge is 0.482 e. The minimum atomic E-state index is -0.200. The van der Waals surface area contributed by atoms with Crippen molar-refractivity contribution in [3.63, 3.8) is 0 Å². The minimum absolute atomic E-state index is 0.00512. The van der Waals surface area contributed by atoms with Gasteiger partial charge in [-0.2, -0.15) is 0 Å². The van der Waals surface area contributed by atoms with E-state index in [9.17, 15) is 9.59 Å². The van der Waals surface area contributed by atoms with E-state index in [-0.39, 0.29) is 24.3 Å². The van der Waals surface area contributed by atoms with Gasteiger partial charge in [-0.1, -0.05) is 48.5 Å². The molecule has 0 aliphatic carbocycles. The first kappa shape index (κ1) is 18.9. The molecule has 5 rings (SSSR count). The van der Waals surface area contributed by atoms with Crippen LogP contribution in [-0.2, 0) is 4.79 Å². The Morgan fingerprint density at radius 3 is 2.71 bits per heavy atom. The SMILES string of the molecule is O=C1COc2cc(C(=O)NC[C@H](c3ccccc3)c3c[nH]c4ccccc34)ccc2N1. The number of amides is 2. The van der Waals surface area contributed by atoms with Crippen molar-refractivity contribution < 1.29 is 14.3 Å². The fourth-order valence-corrected chi connectivity index (χ4v) is 3.99. The summed E-state index contributed by atoms with van der Waals surface area (Å²) in [6, 6.07) is 23.4. The molecule has 154 valence electrons. The van der Waals surface area contributed by atoms with Crippen LogP contribution >= 0.6 is 0 Å². The average Bonchev–Trinajstić information content (AvgIpc) is 3.23. The third-order valence-corrected chi connectivity index (χ3v) is 5.54. The van der Waals surface area contributed by atoms with Crippen LogP contribution in [0.5, 0.6) is 5.75 Å². The first-order chi connectivity index (χ1) is 15.2. The van der Waals surface area contributed by atoms with Crippen molar-refractivity contribution in [1.82, 2.24) is 10.3 Å². The van der Waals surface area contributed by atoms with Crippen molar-refractivity contribution in [2.45, 2.75) is 5.92 Å². The van der Waals surface area contributed by atoms with Crippen LogP contribution in [0.25, 0.3) is 10.9 Å². The number of hydrogen-bond donors (Lipinski definition) is 3. The van der Waals surface area contributed by atoms with Crippen molar-refractivity contribution in [3.05, 3.63) is 95.7 Å². The van der Waals surface area contributed by atoms with Gasteiger partial charge in [0.05, 0.1) is 5.69 Å². The average molecular weight is 411 g/mol. The highest BCUT2D eigenvalue weighted by atomic mass is 16.5. The molecule has 6 heteroatoms. The van der Waals surface area contributed by atoms with Crippen LogP contribution in [0.1, 0.15) is 27.4 Å². The van der Waals surface area contributed by atoms with Crippen molar-refractivity contribution >= 4 is 28.4 Å². The summed E-state index contributed by atoms with van der Waals surface area (Å²) in [4.78, 5) is 27.7. The van der Waals surface area contributed by atoms with E-state index in [1.165, 1.54) is 0 Å². The summed E-state index contributed by atoms with van der Waals surface area (Å²) in [5, 5.41) is 6.95. The number of aromatic amines is 1. The lowest BCUT2D eigenvalue weighted by atomic mass is 9.91. The van der Waals surface area contributed by atoms with Crippen LogP contribution in [0.3, 0.4) is 0 Å². The number of para-hydroxylation sites is 1. The first-order valence-electron chi connectivity index (χ1n) is 10.1. The normalized spacial score (nSPS) is 13.7. The van der Waals surface area contributed by atoms with E-state index in [1.807, 2.05) is 42.6 Å². The molecule has 6 nitrogen and oxygen atoms in total. The lowest BCUT2D eigenvalue weighted by Gasteiger charge is -2.20. The summed E-state index contributed by atoms with van der Waals surface area (Å²) in [6.07, 6.45) is 2.02. The molecule has 1 aromatic heterocycles. The third kappa shape index (κ3) is 3.75. The monoisotopic (exact) mass is 411 g/mol. The standard InChI is InChI=1S/C25H21N3O3/c29-24-15-31-23-12-17(10-11-22(23)28-24)25(30)27-13-19(16-6-2-1-3-7-16)20-14-26-21-9-5-4-8-18(20)21/h1-12,14,19,26H,13,15H2,(H,27,30)(H,28,29)/t19-/m1/s1. The van der Waals surface area contributed by atoms with E-state index in [1.54, 1.807) is 18.2 Å². The lowest BCUT2D eigenvalue weighted by Crippen LogP contribution is -2.29. The molecule has 0 unspecified atom stereocenters. The van der Waals surface area contributed by atoms with Crippen LogP contribution in [-0.4, -0.2) is 29.9 Å². The van der Waals surface area contributed by atoms with Crippen molar-refractivity contribution in [3.8, 4) is 5.75 Å². The van der Waals surface area contributed by atoms with Gasteiger partial charge in [0.15, 0.2) is 6.61 Å². The molecule has 0 bridgehead atoms. The molecule has 0 fully saturated rings. The number of fused-ring (bicyclic) bond motifs is 2. The van der Waals surface area contributed by atoms with Crippen LogP contribution in [0.4, 0.5) is 5.69 Å². The number of ether oxygens (including phenoxy) is 1. The number of anilines is 1. The van der Waals surface area contributed by atoms with Crippen LogP contribution in [0.15, 0.2) is 79.0 Å². The van der Waals surface area contributed by atoms with Gasteiger partial charge < -0.3 is 20.4 Å². The topological polar surface area (TPSA) is 83.2 Å². The highest BCUT2D eigenvalue weighted by Gasteiger charge is 2.21. The van der Waals surface area contributed by atoms with E-state index in [4.69, 9.17) is 4.74 Å². The van der Waals surface area contributed by atoms with E-state index in [0.29, 0.717) is 23.5 Å². The number of H-pyrrole nitrogens is 1. The second-order valence-electron chi connectivity index (χ2n) is 7.51. The summed E-state index contributed by atoms with van der Waals surface area (Å²) in [5.41, 5.74) is 4.40. The Morgan fingerprint density at radius 2 is 1.84 bits per heavy atom. The Balaban J connectivity index is 1.40. The molecule has 4 aromatic rings. The number of benzene rings is 3. The zero-order chi connectivity index (χ0) is 21.2. The molecule has 0 radical (unpaired) electrons. The minimum Gasteiger partial charge on any atom is -0.482 e. The molecule has 1 atom stereocenters. The fourth-order valence-electron chi connectivity index (χ4n) is 3.99. The van der Waals surface area contributed by atoms with Crippen molar-refractivity contribution in [1.29, 1.82) is 0 Å². The predicted octanol–water partition coefficient (Wildman–Crippen LogP) is 4.06. The van der Waals surface area contributed by atoms with Crippen LogP contribution in [0.2, 0.25) is 0 Å². The highest BCUT2D eigenvalue weighted by Crippen LogP contribution is 2.31. The molecule has 0 saturated heterocycles. The summed E-state index contributed by atoms with van der Waals surface area (Å²) in [5.74, 6) is 0.108.